The minimum absolute atomic E-state index is 0.248. The zero-order valence-corrected chi connectivity index (χ0v) is 12.5. The summed E-state index contributed by atoms with van der Waals surface area (Å²) in [6, 6.07) is 1.70. The van der Waals surface area contributed by atoms with E-state index in [-0.39, 0.29) is 30.4 Å². The van der Waals surface area contributed by atoms with Gasteiger partial charge in [-0.25, -0.2) is 4.98 Å². The van der Waals surface area contributed by atoms with Crippen LogP contribution in [0.3, 0.4) is 0 Å². The third-order valence-corrected chi connectivity index (χ3v) is 3.90. The second kappa shape index (κ2) is 6.17. The van der Waals surface area contributed by atoms with E-state index >= 15 is 0 Å². The Labute approximate surface area is 126 Å². The molecule has 2 aliphatic heterocycles. The second-order valence-electron chi connectivity index (χ2n) is 4.78. The van der Waals surface area contributed by atoms with Crippen LogP contribution in [0.15, 0.2) is 17.4 Å². The molecule has 0 bridgehead atoms. The summed E-state index contributed by atoms with van der Waals surface area (Å²) in [4.78, 5) is 19.4. The van der Waals surface area contributed by atoms with Crippen LogP contribution in [-0.2, 0) is 19.0 Å². The Kier molecular flexibility index (Phi) is 4.27. The maximum atomic E-state index is 11.0. The summed E-state index contributed by atoms with van der Waals surface area (Å²) in [5.41, 5.74) is 0. The van der Waals surface area contributed by atoms with Crippen LogP contribution in [0.4, 0.5) is 0 Å². The number of ether oxygens (including phenoxy) is 4. The van der Waals surface area contributed by atoms with E-state index in [0.29, 0.717) is 24.3 Å². The highest BCUT2D eigenvalue weighted by Gasteiger charge is 2.50. The van der Waals surface area contributed by atoms with Crippen molar-refractivity contribution in [2.75, 3.05) is 19.5 Å². The lowest BCUT2D eigenvalue weighted by Crippen LogP contribution is -2.36. The molecule has 0 saturated carbocycles. The Bertz CT molecular complexity index is 529. The minimum atomic E-state index is -0.367. The molecular formula is C13H16N2O5S. The topological polar surface area (TPSA) is 79.8 Å². The molecule has 114 valence electrons. The van der Waals surface area contributed by atoms with Gasteiger partial charge in [0, 0.05) is 19.2 Å². The van der Waals surface area contributed by atoms with E-state index in [1.165, 1.54) is 18.7 Å². The van der Waals surface area contributed by atoms with E-state index in [4.69, 9.17) is 18.9 Å². The van der Waals surface area contributed by atoms with Crippen molar-refractivity contribution in [3.05, 3.63) is 12.3 Å². The fraction of sp³-hybridized carbons (Fsp3) is 0.615. The molecule has 0 aromatic carbocycles. The van der Waals surface area contributed by atoms with Gasteiger partial charge in [-0.3, -0.25) is 4.79 Å². The van der Waals surface area contributed by atoms with E-state index < -0.39 is 0 Å². The van der Waals surface area contributed by atoms with Crippen molar-refractivity contribution in [2.24, 2.45) is 0 Å². The normalized spacial score (nSPS) is 31.0. The smallest absolute Gasteiger partial charge is 0.303 e. The summed E-state index contributed by atoms with van der Waals surface area (Å²) >= 11 is 1.45. The first-order valence-electron chi connectivity index (χ1n) is 6.61. The van der Waals surface area contributed by atoms with Gasteiger partial charge in [-0.05, 0) is 6.26 Å². The lowest BCUT2D eigenvalue weighted by atomic mass is 10.1. The maximum Gasteiger partial charge on any atom is 0.303 e. The van der Waals surface area contributed by atoms with Gasteiger partial charge in [0.05, 0.1) is 13.2 Å². The standard InChI is InChI=1S/C13H16N2O5S/c1-7(16)19-8-5-17-12-9(6-18-11(8)12)20-10-3-4-14-13(15-10)21-2/h3-4,8-9,11-12H,5-6H2,1-2H3/t8-,9-,11+,12+/m0/s1. The number of carbonyl (C=O) groups excluding carboxylic acids is 1. The van der Waals surface area contributed by atoms with Crippen LogP contribution in [0.5, 0.6) is 5.88 Å². The van der Waals surface area contributed by atoms with Crippen LogP contribution in [0.2, 0.25) is 0 Å². The number of hydrogen-bond donors (Lipinski definition) is 0. The summed E-state index contributed by atoms with van der Waals surface area (Å²) in [6.07, 6.45) is 2.40. The van der Waals surface area contributed by atoms with Gasteiger partial charge in [-0.1, -0.05) is 11.8 Å². The molecule has 2 fully saturated rings. The lowest BCUT2D eigenvalue weighted by Gasteiger charge is -2.17. The molecule has 1 aromatic rings. The molecule has 1 aromatic heterocycles. The molecule has 0 unspecified atom stereocenters. The van der Waals surface area contributed by atoms with Gasteiger partial charge < -0.3 is 18.9 Å². The number of esters is 1. The van der Waals surface area contributed by atoms with Crippen molar-refractivity contribution in [3.63, 3.8) is 0 Å². The van der Waals surface area contributed by atoms with Gasteiger partial charge in [-0.15, -0.1) is 0 Å². The zero-order valence-electron chi connectivity index (χ0n) is 11.7. The third-order valence-electron chi connectivity index (χ3n) is 3.34. The van der Waals surface area contributed by atoms with Crippen molar-refractivity contribution >= 4 is 17.7 Å². The molecule has 0 N–H and O–H groups in total. The monoisotopic (exact) mass is 312 g/mol. The van der Waals surface area contributed by atoms with E-state index in [2.05, 4.69) is 9.97 Å². The van der Waals surface area contributed by atoms with Gasteiger partial charge in [0.25, 0.3) is 0 Å². The predicted molar refractivity (Wildman–Crippen MR) is 73.3 cm³/mol. The number of hydrogen-bond acceptors (Lipinski definition) is 8. The highest BCUT2D eigenvalue weighted by molar-refractivity contribution is 7.98. The molecule has 4 atom stereocenters. The number of nitrogens with zero attached hydrogens (tertiary/aromatic N) is 2. The zero-order chi connectivity index (χ0) is 14.8. The van der Waals surface area contributed by atoms with Crippen LogP contribution in [0.1, 0.15) is 6.92 Å². The van der Waals surface area contributed by atoms with Gasteiger partial charge in [0.1, 0.15) is 12.2 Å². The lowest BCUT2D eigenvalue weighted by molar-refractivity contribution is -0.150. The highest BCUT2D eigenvalue weighted by Crippen LogP contribution is 2.31. The highest BCUT2D eigenvalue weighted by atomic mass is 32.2. The van der Waals surface area contributed by atoms with Crippen molar-refractivity contribution in [3.8, 4) is 5.88 Å². The molecular weight excluding hydrogens is 296 g/mol. The van der Waals surface area contributed by atoms with E-state index in [1.54, 1.807) is 12.3 Å². The Hall–Kier alpha value is -1.38. The molecule has 21 heavy (non-hydrogen) atoms. The van der Waals surface area contributed by atoms with Crippen molar-refractivity contribution in [2.45, 2.75) is 36.5 Å². The van der Waals surface area contributed by atoms with Gasteiger partial charge in [0.15, 0.2) is 17.4 Å². The summed E-state index contributed by atoms with van der Waals surface area (Å²) in [6.45, 7) is 2.08. The number of thioether (sulfide) groups is 1. The quantitative estimate of drug-likeness (QED) is 0.456. The minimum Gasteiger partial charge on any atom is -0.469 e. The predicted octanol–water partition coefficient (Wildman–Crippen LogP) is 0.675. The number of carbonyl (C=O) groups is 1. The van der Waals surface area contributed by atoms with Gasteiger partial charge >= 0.3 is 5.97 Å². The summed E-state index contributed by atoms with van der Waals surface area (Å²) < 4.78 is 22.3. The molecule has 3 heterocycles. The first-order chi connectivity index (χ1) is 10.2. The molecule has 2 aliphatic rings. The number of aromatic nitrogens is 2. The molecule has 0 spiro atoms. The van der Waals surface area contributed by atoms with Crippen LogP contribution in [0.25, 0.3) is 0 Å². The molecule has 2 saturated heterocycles. The van der Waals surface area contributed by atoms with Crippen molar-refractivity contribution in [1.29, 1.82) is 0 Å². The molecule has 0 amide bonds. The average Bonchev–Trinajstić information content (AvgIpc) is 3.03. The van der Waals surface area contributed by atoms with E-state index in [9.17, 15) is 4.79 Å². The number of fused-ring (bicyclic) bond motifs is 1. The largest absolute Gasteiger partial charge is 0.469 e. The molecule has 0 aliphatic carbocycles. The molecule has 0 radical (unpaired) electrons. The van der Waals surface area contributed by atoms with Crippen molar-refractivity contribution in [1.82, 2.24) is 9.97 Å². The number of rotatable bonds is 4. The maximum absolute atomic E-state index is 11.0. The van der Waals surface area contributed by atoms with Crippen LogP contribution >= 0.6 is 11.8 Å². The van der Waals surface area contributed by atoms with Gasteiger partial charge in [-0.2, -0.15) is 4.98 Å². The van der Waals surface area contributed by atoms with Gasteiger partial charge in [0.2, 0.25) is 5.88 Å². The summed E-state index contributed by atoms with van der Waals surface area (Å²) in [7, 11) is 0. The summed E-state index contributed by atoms with van der Waals surface area (Å²) in [5.74, 6) is 0.153. The van der Waals surface area contributed by atoms with Crippen LogP contribution < -0.4 is 4.74 Å². The average molecular weight is 312 g/mol. The SMILES string of the molecule is CSc1nccc(O[C@H]2CO[C@H]3[C@@H]2OC[C@@H]3OC(C)=O)n1. The Balaban J connectivity index is 1.64. The first kappa shape index (κ1) is 14.6. The van der Waals surface area contributed by atoms with E-state index in [1.807, 2.05) is 6.26 Å². The Morgan fingerprint density at radius 2 is 2.05 bits per heavy atom. The van der Waals surface area contributed by atoms with Crippen molar-refractivity contribution < 1.29 is 23.7 Å². The Morgan fingerprint density at radius 1 is 1.33 bits per heavy atom. The fourth-order valence-electron chi connectivity index (χ4n) is 2.49. The molecule has 3 rings (SSSR count). The van der Waals surface area contributed by atoms with Crippen LogP contribution in [0, 0.1) is 0 Å². The molecule has 7 nitrogen and oxygen atoms in total. The fourth-order valence-corrected chi connectivity index (χ4v) is 2.84. The summed E-state index contributed by atoms with van der Waals surface area (Å²) in [5, 5.41) is 0.646. The van der Waals surface area contributed by atoms with Crippen LogP contribution in [-0.4, -0.2) is 59.8 Å². The Morgan fingerprint density at radius 3 is 2.76 bits per heavy atom. The molecule has 8 heteroatoms. The first-order valence-corrected chi connectivity index (χ1v) is 7.84. The third kappa shape index (κ3) is 3.12. The van der Waals surface area contributed by atoms with E-state index in [0.717, 1.165) is 0 Å². The second-order valence-corrected chi connectivity index (χ2v) is 5.56.